The van der Waals surface area contributed by atoms with E-state index in [4.69, 9.17) is 17.0 Å². The first-order valence-electron chi connectivity index (χ1n) is 7.80. The largest absolute Gasteiger partial charge is 0.381 e. The number of methoxy groups -OCH3 is 1. The number of pyridine rings is 2. The van der Waals surface area contributed by atoms with Crippen molar-refractivity contribution in [3.8, 4) is 0 Å². The van der Waals surface area contributed by atoms with Crippen molar-refractivity contribution >= 4 is 28.2 Å². The number of nitrogens with zero attached hydrogens (tertiary/aromatic N) is 2. The lowest BCUT2D eigenvalue weighted by Crippen LogP contribution is -2.37. The highest BCUT2D eigenvalue weighted by atomic mass is 32.1. The van der Waals surface area contributed by atoms with Gasteiger partial charge in [0.2, 0.25) is 0 Å². The molecule has 1 aliphatic rings. The molecule has 0 bridgehead atoms. The van der Waals surface area contributed by atoms with Crippen LogP contribution in [0.2, 0.25) is 0 Å². The zero-order chi connectivity index (χ0) is 15.4. The van der Waals surface area contributed by atoms with Crippen molar-refractivity contribution in [2.45, 2.75) is 31.8 Å². The fourth-order valence-electron chi connectivity index (χ4n) is 3.11. The normalized spacial score (nSPS) is 21.7. The standard InChI is InChI=1S/C17H21N3OS/c1-21-15-7-3-2-5-13(15)11-19-17(22)14-9-8-12-6-4-10-18-16(12)20-14/h4,6,8-10,13,15H,2-3,5,7,11H2,1H3,(H,19,22). The van der Waals surface area contributed by atoms with Crippen LogP contribution in [-0.2, 0) is 4.74 Å². The Morgan fingerprint density at radius 2 is 2.18 bits per heavy atom. The van der Waals surface area contributed by atoms with Crippen molar-refractivity contribution in [1.29, 1.82) is 0 Å². The minimum absolute atomic E-state index is 0.343. The highest BCUT2D eigenvalue weighted by Crippen LogP contribution is 2.26. The minimum Gasteiger partial charge on any atom is -0.381 e. The Hall–Kier alpha value is -1.59. The van der Waals surface area contributed by atoms with Gasteiger partial charge in [0.15, 0.2) is 5.65 Å². The maximum Gasteiger partial charge on any atom is 0.159 e. The molecule has 0 saturated heterocycles. The molecule has 0 aliphatic heterocycles. The second-order valence-corrected chi connectivity index (χ2v) is 6.18. The molecule has 3 rings (SSSR count). The maximum atomic E-state index is 5.59. The van der Waals surface area contributed by atoms with Gasteiger partial charge < -0.3 is 10.1 Å². The monoisotopic (exact) mass is 315 g/mol. The van der Waals surface area contributed by atoms with Crippen LogP contribution in [0, 0.1) is 5.92 Å². The summed E-state index contributed by atoms with van der Waals surface area (Å²) in [7, 11) is 1.80. The molecule has 1 fully saturated rings. The first-order chi connectivity index (χ1) is 10.8. The van der Waals surface area contributed by atoms with Crippen LogP contribution in [0.4, 0.5) is 0 Å². The summed E-state index contributed by atoms with van der Waals surface area (Å²) in [6, 6.07) is 7.88. The highest BCUT2D eigenvalue weighted by molar-refractivity contribution is 7.80. The molecular weight excluding hydrogens is 294 g/mol. The lowest BCUT2D eigenvalue weighted by Gasteiger charge is -2.30. The molecule has 1 N–H and O–H groups in total. The van der Waals surface area contributed by atoms with E-state index in [1.54, 1.807) is 13.3 Å². The Kier molecular flexibility index (Phi) is 4.95. The van der Waals surface area contributed by atoms with Gasteiger partial charge in [0.05, 0.1) is 11.8 Å². The molecule has 116 valence electrons. The van der Waals surface area contributed by atoms with E-state index in [9.17, 15) is 0 Å². The number of fused-ring (bicyclic) bond motifs is 1. The van der Waals surface area contributed by atoms with E-state index in [1.165, 1.54) is 19.3 Å². The molecule has 0 spiro atoms. The van der Waals surface area contributed by atoms with E-state index in [-0.39, 0.29) is 0 Å². The van der Waals surface area contributed by atoms with Crippen LogP contribution in [0.25, 0.3) is 11.0 Å². The van der Waals surface area contributed by atoms with Crippen molar-refractivity contribution in [3.05, 3.63) is 36.2 Å². The molecule has 1 saturated carbocycles. The molecular formula is C17H21N3OS. The SMILES string of the molecule is COC1CCCCC1CNC(=S)c1ccc2cccnc2n1. The summed E-state index contributed by atoms with van der Waals surface area (Å²) >= 11 is 5.48. The van der Waals surface area contributed by atoms with Crippen LogP contribution in [0.15, 0.2) is 30.5 Å². The van der Waals surface area contributed by atoms with Gasteiger partial charge in [-0.1, -0.05) is 25.1 Å². The third kappa shape index (κ3) is 3.42. The molecule has 2 aromatic heterocycles. The maximum absolute atomic E-state index is 5.59. The van der Waals surface area contributed by atoms with Crippen molar-refractivity contribution < 1.29 is 4.74 Å². The number of hydrogen-bond donors (Lipinski definition) is 1. The average Bonchev–Trinajstić information content (AvgIpc) is 2.59. The van der Waals surface area contributed by atoms with Crippen molar-refractivity contribution in [2.24, 2.45) is 5.92 Å². The molecule has 0 radical (unpaired) electrons. The van der Waals surface area contributed by atoms with E-state index in [1.807, 2.05) is 24.3 Å². The first kappa shape index (κ1) is 15.3. The molecule has 22 heavy (non-hydrogen) atoms. The van der Waals surface area contributed by atoms with Crippen LogP contribution < -0.4 is 5.32 Å². The van der Waals surface area contributed by atoms with Gasteiger partial charge in [0.25, 0.3) is 0 Å². The Labute approximate surface area is 136 Å². The fraction of sp³-hybridized carbons (Fsp3) is 0.471. The third-order valence-electron chi connectivity index (χ3n) is 4.36. The molecule has 2 heterocycles. The van der Waals surface area contributed by atoms with Crippen molar-refractivity contribution in [3.63, 3.8) is 0 Å². The second kappa shape index (κ2) is 7.11. The van der Waals surface area contributed by atoms with E-state index in [0.29, 0.717) is 17.0 Å². The molecule has 2 aromatic rings. The lowest BCUT2D eigenvalue weighted by atomic mass is 9.86. The zero-order valence-electron chi connectivity index (χ0n) is 12.8. The Bertz CT molecular complexity index is 661. The van der Waals surface area contributed by atoms with Crippen LogP contribution >= 0.6 is 12.2 Å². The molecule has 2 atom stereocenters. The van der Waals surface area contributed by atoms with Crippen molar-refractivity contribution in [1.82, 2.24) is 15.3 Å². The smallest absolute Gasteiger partial charge is 0.159 e. The number of nitrogens with one attached hydrogen (secondary N) is 1. The summed E-state index contributed by atoms with van der Waals surface area (Å²) in [5.41, 5.74) is 1.52. The van der Waals surface area contributed by atoms with Gasteiger partial charge >= 0.3 is 0 Å². The average molecular weight is 315 g/mol. The predicted octanol–water partition coefficient (Wildman–Crippen LogP) is 3.10. The molecule has 0 amide bonds. The van der Waals surface area contributed by atoms with E-state index in [2.05, 4.69) is 15.3 Å². The summed E-state index contributed by atoms with van der Waals surface area (Å²) < 4.78 is 5.59. The van der Waals surface area contributed by atoms with E-state index in [0.717, 1.165) is 29.7 Å². The molecule has 4 nitrogen and oxygen atoms in total. The van der Waals surface area contributed by atoms with Crippen LogP contribution in [0.1, 0.15) is 31.4 Å². The Balaban J connectivity index is 1.65. The summed E-state index contributed by atoms with van der Waals surface area (Å²) in [6.45, 7) is 0.847. The summed E-state index contributed by atoms with van der Waals surface area (Å²) in [5, 5.41) is 4.39. The number of rotatable bonds is 4. The fourth-order valence-corrected chi connectivity index (χ4v) is 3.31. The number of ether oxygens (including phenoxy) is 1. The summed E-state index contributed by atoms with van der Waals surface area (Å²) in [5.74, 6) is 0.523. The number of aromatic nitrogens is 2. The second-order valence-electron chi connectivity index (χ2n) is 5.78. The van der Waals surface area contributed by atoms with Gasteiger partial charge in [0.1, 0.15) is 4.99 Å². The molecule has 0 aromatic carbocycles. The number of thiocarbonyl (C=S) groups is 1. The molecule has 1 aliphatic carbocycles. The van der Waals surface area contributed by atoms with Crippen LogP contribution in [0.5, 0.6) is 0 Å². The van der Waals surface area contributed by atoms with Gasteiger partial charge in [-0.3, -0.25) is 0 Å². The van der Waals surface area contributed by atoms with Crippen molar-refractivity contribution in [2.75, 3.05) is 13.7 Å². The Morgan fingerprint density at radius 1 is 1.32 bits per heavy atom. The van der Waals surface area contributed by atoms with Crippen LogP contribution in [0.3, 0.4) is 0 Å². The third-order valence-corrected chi connectivity index (χ3v) is 4.72. The predicted molar refractivity (Wildman–Crippen MR) is 92.0 cm³/mol. The topological polar surface area (TPSA) is 47.0 Å². The number of hydrogen-bond acceptors (Lipinski definition) is 4. The van der Waals surface area contributed by atoms with Crippen LogP contribution in [-0.4, -0.2) is 34.7 Å². The quantitative estimate of drug-likeness (QED) is 0.879. The van der Waals surface area contributed by atoms with Gasteiger partial charge in [0, 0.05) is 31.2 Å². The summed E-state index contributed by atoms with van der Waals surface area (Å²) in [4.78, 5) is 9.50. The van der Waals surface area contributed by atoms with Gasteiger partial charge in [-0.15, -0.1) is 0 Å². The zero-order valence-corrected chi connectivity index (χ0v) is 13.6. The molecule has 5 heteroatoms. The highest BCUT2D eigenvalue weighted by Gasteiger charge is 2.24. The van der Waals surface area contributed by atoms with Gasteiger partial charge in [-0.2, -0.15) is 0 Å². The van der Waals surface area contributed by atoms with Gasteiger partial charge in [-0.05, 0) is 37.1 Å². The lowest BCUT2D eigenvalue weighted by molar-refractivity contribution is 0.0257. The Morgan fingerprint density at radius 3 is 3.05 bits per heavy atom. The van der Waals surface area contributed by atoms with E-state index >= 15 is 0 Å². The first-order valence-corrected chi connectivity index (χ1v) is 8.21. The molecule has 2 unspecified atom stereocenters. The van der Waals surface area contributed by atoms with E-state index < -0.39 is 0 Å². The van der Waals surface area contributed by atoms with Gasteiger partial charge in [-0.25, -0.2) is 9.97 Å². The summed E-state index contributed by atoms with van der Waals surface area (Å²) in [6.07, 6.45) is 6.97. The minimum atomic E-state index is 0.343.